The molecule has 0 aromatic carbocycles. The molecule has 0 saturated carbocycles. The topological polar surface area (TPSA) is 78.9 Å². The molecule has 0 aromatic rings. The normalized spacial score (nSPS) is 12.2. The van der Waals surface area contributed by atoms with E-state index in [1.807, 2.05) is 0 Å². The first kappa shape index (κ1) is 75.6. The molecule has 0 aliphatic heterocycles. The summed E-state index contributed by atoms with van der Waals surface area (Å²) in [5.41, 5.74) is 0. The van der Waals surface area contributed by atoms with Gasteiger partial charge in [0.15, 0.2) is 6.10 Å². The summed E-state index contributed by atoms with van der Waals surface area (Å²) < 4.78 is 17.0. The maximum absolute atomic E-state index is 12.9. The van der Waals surface area contributed by atoms with Crippen molar-refractivity contribution in [1.29, 1.82) is 0 Å². The Bertz CT molecular complexity index is 1300. The van der Waals surface area contributed by atoms with Gasteiger partial charge in [-0.25, -0.2) is 0 Å². The molecular weight excluding hydrogens is 961 g/mol. The molecule has 0 aliphatic rings. The number of rotatable bonds is 65. The molecule has 1 atom stereocenters. The van der Waals surface area contributed by atoms with Gasteiger partial charge in [0.25, 0.3) is 0 Å². The Labute approximate surface area is 486 Å². The van der Waals surface area contributed by atoms with E-state index >= 15 is 0 Å². The quantitative estimate of drug-likeness (QED) is 0.0261. The molecule has 0 N–H and O–H groups in total. The third kappa shape index (κ3) is 64.5. The summed E-state index contributed by atoms with van der Waals surface area (Å²) in [5.74, 6) is -0.859. The molecule has 0 bridgehead atoms. The minimum atomic E-state index is -0.777. The second-order valence-electron chi connectivity index (χ2n) is 23.8. The molecule has 0 saturated heterocycles. The van der Waals surface area contributed by atoms with E-state index in [0.29, 0.717) is 19.3 Å². The summed E-state index contributed by atoms with van der Waals surface area (Å²) in [5, 5.41) is 0. The lowest BCUT2D eigenvalue weighted by Gasteiger charge is -2.18. The Hall–Kier alpha value is -2.37. The molecule has 1 unspecified atom stereocenters. The fourth-order valence-electron chi connectivity index (χ4n) is 10.5. The van der Waals surface area contributed by atoms with E-state index in [9.17, 15) is 14.4 Å². The van der Waals surface area contributed by atoms with Crippen molar-refractivity contribution in [2.24, 2.45) is 0 Å². The highest BCUT2D eigenvalue weighted by molar-refractivity contribution is 5.71. The smallest absolute Gasteiger partial charge is 0.306 e. The molecule has 0 spiro atoms. The maximum atomic E-state index is 12.9. The van der Waals surface area contributed by atoms with Gasteiger partial charge in [0, 0.05) is 19.3 Å². The molecule has 0 aliphatic carbocycles. The van der Waals surface area contributed by atoms with Crippen molar-refractivity contribution < 1.29 is 28.6 Å². The van der Waals surface area contributed by atoms with E-state index < -0.39 is 6.10 Å². The predicted octanol–water partition coefficient (Wildman–Crippen LogP) is 23.9. The van der Waals surface area contributed by atoms with Gasteiger partial charge in [0.05, 0.1) is 0 Å². The van der Waals surface area contributed by atoms with Gasteiger partial charge in [0.1, 0.15) is 13.2 Å². The zero-order valence-corrected chi connectivity index (χ0v) is 52.7. The van der Waals surface area contributed by atoms with Crippen molar-refractivity contribution in [3.05, 3.63) is 36.5 Å². The van der Waals surface area contributed by atoms with Crippen LogP contribution in [0.3, 0.4) is 0 Å². The van der Waals surface area contributed by atoms with Crippen LogP contribution in [0.25, 0.3) is 0 Å². The van der Waals surface area contributed by atoms with E-state index in [4.69, 9.17) is 14.2 Å². The van der Waals surface area contributed by atoms with Crippen molar-refractivity contribution in [3.63, 3.8) is 0 Å². The summed E-state index contributed by atoms with van der Waals surface area (Å²) in [7, 11) is 0. The molecule has 458 valence electrons. The number of carbonyl (C=O) groups is 3. The van der Waals surface area contributed by atoms with Crippen LogP contribution in [0.1, 0.15) is 387 Å². The van der Waals surface area contributed by atoms with Gasteiger partial charge in [-0.15, -0.1) is 0 Å². The fraction of sp³-hybridized carbons (Fsp3) is 0.875. The van der Waals surface area contributed by atoms with Crippen LogP contribution in [0.4, 0.5) is 0 Å². The Morgan fingerprint density at radius 2 is 0.423 bits per heavy atom. The van der Waals surface area contributed by atoms with Crippen LogP contribution in [-0.4, -0.2) is 37.2 Å². The lowest BCUT2D eigenvalue weighted by atomic mass is 10.0. The number of ether oxygens (including phenoxy) is 3. The van der Waals surface area contributed by atoms with Crippen molar-refractivity contribution in [1.82, 2.24) is 0 Å². The summed E-state index contributed by atoms with van der Waals surface area (Å²) in [4.78, 5) is 38.4. The number of unbranched alkanes of at least 4 members (excludes halogenated alkanes) is 48. The van der Waals surface area contributed by atoms with Crippen LogP contribution in [0.15, 0.2) is 36.5 Å². The molecule has 0 rings (SSSR count). The Morgan fingerprint density at radius 1 is 0.244 bits per heavy atom. The van der Waals surface area contributed by atoms with Gasteiger partial charge in [-0.1, -0.05) is 308 Å². The molecule has 6 nitrogen and oxygen atoms in total. The van der Waals surface area contributed by atoms with Gasteiger partial charge >= 0.3 is 17.9 Å². The molecule has 0 radical (unpaired) electrons. The fourth-order valence-corrected chi connectivity index (χ4v) is 10.5. The minimum Gasteiger partial charge on any atom is -0.462 e. The van der Waals surface area contributed by atoms with Crippen molar-refractivity contribution in [3.8, 4) is 0 Å². The molecule has 6 heteroatoms. The molecule has 0 fully saturated rings. The number of carbonyl (C=O) groups excluding carboxylic acids is 3. The molecular formula is C72H134O6. The van der Waals surface area contributed by atoms with E-state index in [2.05, 4.69) is 57.2 Å². The first-order valence-corrected chi connectivity index (χ1v) is 35.0. The molecule has 0 heterocycles. The first-order valence-electron chi connectivity index (χ1n) is 35.0. The standard InChI is InChI=1S/C72H134O6/c1-4-7-10-13-16-19-22-25-28-31-32-33-34-35-36-37-38-39-40-42-44-47-50-53-56-59-62-65-71(74)77-68-69(67-76-70(73)64-61-58-55-52-49-46-43-30-27-24-21-18-15-12-9-6-3)78-72(75)66-63-60-57-54-51-48-45-41-29-26-23-20-17-14-11-8-5-2/h26,29-32,43,69H,4-25,27-28,33-42,44-68H2,1-3H3/b29-26-,32-31-,43-30-. The van der Waals surface area contributed by atoms with E-state index in [1.54, 1.807) is 0 Å². The molecule has 0 amide bonds. The number of hydrogen-bond acceptors (Lipinski definition) is 6. The largest absolute Gasteiger partial charge is 0.462 e. The average molecular weight is 1100 g/mol. The van der Waals surface area contributed by atoms with Gasteiger partial charge in [-0.2, -0.15) is 0 Å². The van der Waals surface area contributed by atoms with E-state index in [1.165, 1.54) is 283 Å². The zero-order valence-electron chi connectivity index (χ0n) is 52.7. The Balaban J connectivity index is 4.25. The first-order chi connectivity index (χ1) is 38.5. The van der Waals surface area contributed by atoms with Crippen LogP contribution in [0.5, 0.6) is 0 Å². The Morgan fingerprint density at radius 3 is 0.641 bits per heavy atom. The lowest BCUT2D eigenvalue weighted by molar-refractivity contribution is -0.167. The maximum Gasteiger partial charge on any atom is 0.306 e. The highest BCUT2D eigenvalue weighted by atomic mass is 16.6. The van der Waals surface area contributed by atoms with Gasteiger partial charge in [-0.3, -0.25) is 14.4 Å². The highest BCUT2D eigenvalue weighted by Crippen LogP contribution is 2.18. The summed E-state index contributed by atoms with van der Waals surface area (Å²) in [6.45, 7) is 6.69. The third-order valence-corrected chi connectivity index (χ3v) is 15.8. The van der Waals surface area contributed by atoms with Crippen LogP contribution in [-0.2, 0) is 28.6 Å². The van der Waals surface area contributed by atoms with Crippen molar-refractivity contribution >= 4 is 17.9 Å². The molecule has 78 heavy (non-hydrogen) atoms. The predicted molar refractivity (Wildman–Crippen MR) is 339 cm³/mol. The lowest BCUT2D eigenvalue weighted by Crippen LogP contribution is -2.30. The van der Waals surface area contributed by atoms with Crippen LogP contribution in [0, 0.1) is 0 Å². The molecule has 0 aromatic heterocycles. The summed E-state index contributed by atoms with van der Waals surface area (Å²) in [6.07, 6.45) is 83.1. The number of esters is 3. The highest BCUT2D eigenvalue weighted by Gasteiger charge is 2.19. The monoisotopic (exact) mass is 1100 g/mol. The second kappa shape index (κ2) is 67.1. The number of hydrogen-bond donors (Lipinski definition) is 0. The van der Waals surface area contributed by atoms with Gasteiger partial charge < -0.3 is 14.2 Å². The minimum absolute atomic E-state index is 0.0725. The van der Waals surface area contributed by atoms with Gasteiger partial charge in [-0.05, 0) is 96.3 Å². The summed E-state index contributed by atoms with van der Waals surface area (Å²) in [6, 6.07) is 0. The average Bonchev–Trinajstić information content (AvgIpc) is 3.44. The third-order valence-electron chi connectivity index (χ3n) is 15.8. The zero-order chi connectivity index (χ0) is 56.4. The second-order valence-corrected chi connectivity index (χ2v) is 23.8. The van der Waals surface area contributed by atoms with E-state index in [0.717, 1.165) is 64.2 Å². The SMILES string of the molecule is CCCCCCCC/C=C\CCCCCCCCCC(=O)OC(COC(=O)CCCCCCC/C=C\CCCCCCCCC)COC(=O)CCCCCCCCCCCCCCCCC/C=C\CCCCCCCCCC. The summed E-state index contributed by atoms with van der Waals surface area (Å²) >= 11 is 0. The van der Waals surface area contributed by atoms with E-state index in [-0.39, 0.29) is 31.1 Å². The van der Waals surface area contributed by atoms with Crippen LogP contribution in [0.2, 0.25) is 0 Å². The van der Waals surface area contributed by atoms with Crippen LogP contribution >= 0.6 is 0 Å². The van der Waals surface area contributed by atoms with Crippen LogP contribution < -0.4 is 0 Å². The van der Waals surface area contributed by atoms with Gasteiger partial charge in [0.2, 0.25) is 0 Å². The number of allylic oxidation sites excluding steroid dienone is 6. The van der Waals surface area contributed by atoms with Crippen molar-refractivity contribution in [2.45, 2.75) is 393 Å². The van der Waals surface area contributed by atoms with Crippen molar-refractivity contribution in [2.75, 3.05) is 13.2 Å². The Kier molecular flexibility index (Phi) is 65.1.